The summed E-state index contributed by atoms with van der Waals surface area (Å²) in [4.78, 5) is 2.39. The first kappa shape index (κ1) is 35.0. The molecule has 0 amide bonds. The first-order valence-corrected chi connectivity index (χ1v) is 21.1. The molecule has 1 aliphatic rings. The molecule has 1 aromatic heterocycles. The highest BCUT2D eigenvalue weighted by atomic mass is 15.1. The summed E-state index contributed by atoms with van der Waals surface area (Å²) in [7, 11) is 0. The summed E-state index contributed by atoms with van der Waals surface area (Å²) < 4.78 is 2.39. The molecular formula is C59H40N2. The van der Waals surface area contributed by atoms with E-state index >= 15 is 0 Å². The predicted octanol–water partition coefficient (Wildman–Crippen LogP) is 15.4. The van der Waals surface area contributed by atoms with Gasteiger partial charge < -0.3 is 9.47 Å². The van der Waals surface area contributed by atoms with Gasteiger partial charge in [0.25, 0.3) is 0 Å². The fourth-order valence-corrected chi connectivity index (χ4v) is 10.2. The Morgan fingerprint density at radius 3 is 1.62 bits per heavy atom. The van der Waals surface area contributed by atoms with E-state index < -0.39 is 5.41 Å². The standard InChI is InChI=1S/C59H40N2/c1-5-21-45(22-6-1)59(46-23-7-2-8-24-46)55-39-44(32-34-51(55)54-37-42-18-13-14-19-43(42)38-56(54)59)41-20-17-29-49(36-41)60(47-25-9-3-10-26-47)50-33-35-53-52-30-15-16-31-57(52)61(58(53)40-50)48-27-11-4-12-28-48/h1-40H. The third kappa shape index (κ3) is 5.50. The fraction of sp³-hybridized carbons (Fsp3) is 0.0169. The van der Waals surface area contributed by atoms with Crippen LogP contribution in [0.3, 0.4) is 0 Å². The molecule has 0 saturated heterocycles. The van der Waals surface area contributed by atoms with E-state index in [9.17, 15) is 0 Å². The first-order valence-electron chi connectivity index (χ1n) is 21.1. The number of nitrogens with zero attached hydrogens (tertiary/aromatic N) is 2. The van der Waals surface area contributed by atoms with Crippen molar-refractivity contribution in [2.75, 3.05) is 4.90 Å². The molecule has 0 unspecified atom stereocenters. The lowest BCUT2D eigenvalue weighted by Gasteiger charge is -2.34. The molecule has 2 heteroatoms. The molecule has 2 nitrogen and oxygen atoms in total. The summed E-state index contributed by atoms with van der Waals surface area (Å²) in [5, 5.41) is 4.98. The Bertz CT molecular complexity index is 3360. The first-order chi connectivity index (χ1) is 30.3. The van der Waals surface area contributed by atoms with Crippen molar-refractivity contribution in [3.05, 3.63) is 265 Å². The van der Waals surface area contributed by atoms with Crippen LogP contribution < -0.4 is 4.90 Å². The number of anilines is 3. The van der Waals surface area contributed by atoms with E-state index in [4.69, 9.17) is 0 Å². The van der Waals surface area contributed by atoms with Gasteiger partial charge in [-0.2, -0.15) is 0 Å². The molecule has 0 spiro atoms. The molecule has 0 bridgehead atoms. The van der Waals surface area contributed by atoms with E-state index in [1.165, 1.54) is 71.5 Å². The Kier molecular flexibility index (Phi) is 8.11. The zero-order chi connectivity index (χ0) is 40.3. The van der Waals surface area contributed by atoms with Crippen molar-refractivity contribution in [3.63, 3.8) is 0 Å². The number of hydrogen-bond acceptors (Lipinski definition) is 1. The van der Waals surface area contributed by atoms with Gasteiger partial charge in [-0.05, 0) is 128 Å². The SMILES string of the molecule is c1ccc(N(c2cccc(-c3ccc4c(c3)C(c3ccccc3)(c3ccccc3)c3cc5ccccc5cc3-4)c2)c2ccc3c4ccccc4n(-c4ccccc4)c3c2)cc1. The van der Waals surface area contributed by atoms with Crippen molar-refractivity contribution in [2.45, 2.75) is 5.41 Å². The minimum atomic E-state index is -0.506. The second-order valence-corrected chi connectivity index (χ2v) is 16.1. The van der Waals surface area contributed by atoms with E-state index in [1.807, 2.05) is 0 Å². The van der Waals surface area contributed by atoms with Crippen LogP contribution in [0.4, 0.5) is 17.1 Å². The summed E-state index contributed by atoms with van der Waals surface area (Å²) in [6.07, 6.45) is 0. The second-order valence-electron chi connectivity index (χ2n) is 16.1. The van der Waals surface area contributed by atoms with Crippen LogP contribution in [0.25, 0.3) is 60.5 Å². The van der Waals surface area contributed by atoms with Crippen LogP contribution in [0.1, 0.15) is 22.3 Å². The Morgan fingerprint density at radius 1 is 0.328 bits per heavy atom. The largest absolute Gasteiger partial charge is 0.310 e. The van der Waals surface area contributed by atoms with Crippen LogP contribution in [0.15, 0.2) is 243 Å². The van der Waals surface area contributed by atoms with E-state index in [0.717, 1.165) is 28.3 Å². The van der Waals surface area contributed by atoms with Gasteiger partial charge in [-0.1, -0.05) is 170 Å². The molecular weight excluding hydrogens is 737 g/mol. The highest BCUT2D eigenvalue weighted by molar-refractivity contribution is 6.10. The maximum atomic E-state index is 2.47. The van der Waals surface area contributed by atoms with Crippen LogP contribution in [0, 0.1) is 0 Å². The van der Waals surface area contributed by atoms with Gasteiger partial charge in [-0.25, -0.2) is 0 Å². The zero-order valence-corrected chi connectivity index (χ0v) is 33.5. The number of rotatable bonds is 7. The molecule has 1 heterocycles. The summed E-state index contributed by atoms with van der Waals surface area (Å²) in [5.74, 6) is 0. The maximum Gasteiger partial charge on any atom is 0.0714 e. The summed E-state index contributed by atoms with van der Waals surface area (Å²) in [6, 6.07) is 89.1. The summed E-state index contributed by atoms with van der Waals surface area (Å²) >= 11 is 0. The summed E-state index contributed by atoms with van der Waals surface area (Å²) in [6.45, 7) is 0. The molecule has 1 aliphatic carbocycles. The van der Waals surface area contributed by atoms with Gasteiger partial charge >= 0.3 is 0 Å². The molecule has 12 rings (SSSR count). The maximum absolute atomic E-state index is 2.47. The van der Waals surface area contributed by atoms with Crippen molar-refractivity contribution in [3.8, 4) is 27.9 Å². The van der Waals surface area contributed by atoms with Crippen molar-refractivity contribution >= 4 is 49.6 Å². The Labute approximate surface area is 355 Å². The average molecular weight is 777 g/mol. The number of para-hydroxylation sites is 3. The van der Waals surface area contributed by atoms with Crippen molar-refractivity contribution < 1.29 is 0 Å². The molecule has 61 heavy (non-hydrogen) atoms. The molecule has 0 saturated carbocycles. The van der Waals surface area contributed by atoms with Crippen LogP contribution in [-0.4, -0.2) is 4.57 Å². The van der Waals surface area contributed by atoms with Gasteiger partial charge in [-0.3, -0.25) is 0 Å². The van der Waals surface area contributed by atoms with Gasteiger partial charge in [0.05, 0.1) is 16.4 Å². The zero-order valence-electron chi connectivity index (χ0n) is 33.5. The van der Waals surface area contributed by atoms with Gasteiger partial charge in [0.2, 0.25) is 0 Å². The highest BCUT2D eigenvalue weighted by Crippen LogP contribution is 2.57. The fourth-order valence-electron chi connectivity index (χ4n) is 10.2. The summed E-state index contributed by atoms with van der Waals surface area (Å²) in [5.41, 5.74) is 16.4. The third-order valence-electron chi connectivity index (χ3n) is 12.8. The second kappa shape index (κ2) is 14.1. The van der Waals surface area contributed by atoms with Crippen molar-refractivity contribution in [1.82, 2.24) is 4.57 Å². The van der Waals surface area contributed by atoms with E-state index in [1.54, 1.807) is 0 Å². The monoisotopic (exact) mass is 776 g/mol. The van der Waals surface area contributed by atoms with Gasteiger partial charge in [-0.15, -0.1) is 0 Å². The molecule has 0 aliphatic heterocycles. The van der Waals surface area contributed by atoms with E-state index in [-0.39, 0.29) is 0 Å². The van der Waals surface area contributed by atoms with Crippen molar-refractivity contribution in [2.24, 2.45) is 0 Å². The Hall–Kier alpha value is -7.94. The minimum absolute atomic E-state index is 0.506. The molecule has 0 fully saturated rings. The smallest absolute Gasteiger partial charge is 0.0714 e. The lowest BCUT2D eigenvalue weighted by molar-refractivity contribution is 0.770. The number of fused-ring (bicyclic) bond motifs is 7. The van der Waals surface area contributed by atoms with Gasteiger partial charge in [0.1, 0.15) is 0 Å². The average Bonchev–Trinajstić information content (AvgIpc) is 3.81. The number of benzene rings is 10. The normalized spacial score (nSPS) is 12.7. The molecule has 0 atom stereocenters. The van der Waals surface area contributed by atoms with E-state index in [2.05, 4.69) is 252 Å². The third-order valence-corrected chi connectivity index (χ3v) is 12.8. The topological polar surface area (TPSA) is 8.17 Å². The number of hydrogen-bond donors (Lipinski definition) is 0. The lowest BCUT2D eigenvalue weighted by Crippen LogP contribution is -2.28. The quantitative estimate of drug-likeness (QED) is 0.156. The molecule has 0 N–H and O–H groups in total. The minimum Gasteiger partial charge on any atom is -0.310 e. The molecule has 286 valence electrons. The highest BCUT2D eigenvalue weighted by Gasteiger charge is 2.46. The molecule has 0 radical (unpaired) electrons. The molecule has 10 aromatic carbocycles. The predicted molar refractivity (Wildman–Crippen MR) is 256 cm³/mol. The lowest BCUT2D eigenvalue weighted by atomic mass is 9.67. The molecule has 11 aromatic rings. The number of aromatic nitrogens is 1. The van der Waals surface area contributed by atoms with Gasteiger partial charge in [0, 0.05) is 33.5 Å². The Morgan fingerprint density at radius 2 is 0.885 bits per heavy atom. The van der Waals surface area contributed by atoms with Crippen LogP contribution in [0.5, 0.6) is 0 Å². The van der Waals surface area contributed by atoms with Crippen LogP contribution in [-0.2, 0) is 5.41 Å². The Balaban J connectivity index is 1.06. The van der Waals surface area contributed by atoms with Crippen LogP contribution >= 0.6 is 0 Å². The van der Waals surface area contributed by atoms with E-state index in [0.29, 0.717) is 0 Å². The van der Waals surface area contributed by atoms with Crippen LogP contribution in [0.2, 0.25) is 0 Å². The van der Waals surface area contributed by atoms with Gasteiger partial charge in [0.15, 0.2) is 0 Å². The van der Waals surface area contributed by atoms with Crippen molar-refractivity contribution in [1.29, 1.82) is 0 Å².